The number of imidazole rings is 1. The van der Waals surface area contributed by atoms with Gasteiger partial charge in [-0.1, -0.05) is 12.1 Å². The highest BCUT2D eigenvalue weighted by Crippen LogP contribution is 2.25. The van der Waals surface area contributed by atoms with Crippen LogP contribution in [0.3, 0.4) is 0 Å². The van der Waals surface area contributed by atoms with Crippen LogP contribution in [0.2, 0.25) is 0 Å². The molecule has 0 fully saturated rings. The number of hydrogen-bond donors (Lipinski definition) is 3. The summed E-state index contributed by atoms with van der Waals surface area (Å²) in [5.74, 6) is -0.152. The zero-order valence-electron chi connectivity index (χ0n) is 13.7. The first kappa shape index (κ1) is 16.6. The van der Waals surface area contributed by atoms with E-state index in [9.17, 15) is 18.0 Å². The van der Waals surface area contributed by atoms with Gasteiger partial charge in [0.05, 0.1) is 22.3 Å². The summed E-state index contributed by atoms with van der Waals surface area (Å²) >= 11 is 0. The number of carbonyl (C=O) groups is 1. The lowest BCUT2D eigenvalue weighted by Gasteiger charge is -2.09. The topological polar surface area (TPSA) is 113 Å². The second kappa shape index (κ2) is 6.11. The van der Waals surface area contributed by atoms with E-state index in [1.165, 1.54) is 16.7 Å². The van der Waals surface area contributed by atoms with Crippen molar-refractivity contribution in [3.63, 3.8) is 0 Å². The Morgan fingerprint density at radius 1 is 1.12 bits per heavy atom. The number of sulfonamides is 1. The van der Waals surface area contributed by atoms with E-state index in [2.05, 4.69) is 15.0 Å². The minimum absolute atomic E-state index is 0.0678. The second-order valence-electron chi connectivity index (χ2n) is 6.04. The lowest BCUT2D eigenvalue weighted by molar-refractivity contribution is -0.115. The minimum Gasteiger partial charge on any atom is -0.326 e. The van der Waals surface area contributed by atoms with Gasteiger partial charge in [-0.25, -0.2) is 17.9 Å². The van der Waals surface area contributed by atoms with Crippen molar-refractivity contribution in [1.82, 2.24) is 14.3 Å². The molecule has 1 aliphatic rings. The number of nitrogens with zero attached hydrogens (tertiary/aromatic N) is 1. The third kappa shape index (κ3) is 2.91. The summed E-state index contributed by atoms with van der Waals surface area (Å²) in [6, 6.07) is 11.7. The number of aromatic nitrogens is 2. The zero-order chi connectivity index (χ0) is 18.3. The van der Waals surface area contributed by atoms with Gasteiger partial charge in [-0.2, -0.15) is 0 Å². The molecule has 0 bridgehead atoms. The van der Waals surface area contributed by atoms with E-state index in [0.717, 1.165) is 5.52 Å². The maximum absolute atomic E-state index is 12.5. The number of amides is 1. The number of nitrogens with one attached hydrogen (secondary N) is 3. The number of hydrogen-bond acceptors (Lipinski definition) is 4. The lowest BCUT2D eigenvalue weighted by atomic mass is 10.2. The van der Waals surface area contributed by atoms with Crippen LogP contribution in [0.25, 0.3) is 11.0 Å². The molecule has 4 rings (SSSR count). The van der Waals surface area contributed by atoms with Crippen molar-refractivity contribution in [3.05, 3.63) is 58.5 Å². The van der Waals surface area contributed by atoms with Crippen molar-refractivity contribution in [2.45, 2.75) is 17.9 Å². The fourth-order valence-electron chi connectivity index (χ4n) is 3.08. The Morgan fingerprint density at radius 2 is 1.92 bits per heavy atom. The Morgan fingerprint density at radius 3 is 2.77 bits per heavy atom. The summed E-state index contributed by atoms with van der Waals surface area (Å²) in [5.41, 5.74) is 2.44. The Bertz CT molecular complexity index is 1180. The summed E-state index contributed by atoms with van der Waals surface area (Å²) in [6.45, 7) is 0.269. The Labute approximate surface area is 148 Å². The molecule has 26 heavy (non-hydrogen) atoms. The molecule has 0 saturated heterocycles. The van der Waals surface area contributed by atoms with Crippen LogP contribution in [-0.4, -0.2) is 30.4 Å². The number of aromatic amines is 1. The number of fused-ring (bicyclic) bond motifs is 2. The summed E-state index contributed by atoms with van der Waals surface area (Å²) in [4.78, 5) is 26.2. The van der Waals surface area contributed by atoms with Gasteiger partial charge in [0.15, 0.2) is 0 Å². The first-order valence-corrected chi connectivity index (χ1v) is 9.52. The van der Waals surface area contributed by atoms with E-state index in [-0.39, 0.29) is 36.0 Å². The molecule has 3 N–H and O–H groups in total. The van der Waals surface area contributed by atoms with E-state index in [1.807, 2.05) is 12.1 Å². The molecule has 0 unspecified atom stereocenters. The molecule has 0 spiro atoms. The van der Waals surface area contributed by atoms with Crippen molar-refractivity contribution in [3.8, 4) is 0 Å². The monoisotopic (exact) mass is 372 g/mol. The molecule has 0 atom stereocenters. The van der Waals surface area contributed by atoms with Crippen LogP contribution < -0.4 is 15.7 Å². The third-order valence-electron chi connectivity index (χ3n) is 4.32. The number of anilines is 1. The van der Waals surface area contributed by atoms with Crippen molar-refractivity contribution in [2.24, 2.45) is 0 Å². The fraction of sp³-hybridized carbons (Fsp3) is 0.176. The largest absolute Gasteiger partial charge is 0.326 e. The van der Waals surface area contributed by atoms with Gasteiger partial charge in [0.2, 0.25) is 15.9 Å². The summed E-state index contributed by atoms with van der Waals surface area (Å²) in [7, 11) is -3.73. The molecule has 1 aliphatic heterocycles. The molecule has 3 aromatic rings. The van der Waals surface area contributed by atoms with Gasteiger partial charge in [0, 0.05) is 18.8 Å². The average molecular weight is 372 g/mol. The predicted molar refractivity (Wildman–Crippen MR) is 96.5 cm³/mol. The molecule has 134 valence electrons. The van der Waals surface area contributed by atoms with E-state index in [4.69, 9.17) is 0 Å². The maximum Gasteiger partial charge on any atom is 0.326 e. The van der Waals surface area contributed by atoms with Gasteiger partial charge in [-0.15, -0.1) is 0 Å². The minimum atomic E-state index is -3.73. The summed E-state index contributed by atoms with van der Waals surface area (Å²) < 4.78 is 28.9. The highest BCUT2D eigenvalue weighted by atomic mass is 32.2. The first-order valence-electron chi connectivity index (χ1n) is 8.04. The second-order valence-corrected chi connectivity index (χ2v) is 7.81. The quantitative estimate of drug-likeness (QED) is 0.615. The molecule has 0 saturated carbocycles. The Kier molecular flexibility index (Phi) is 3.89. The average Bonchev–Trinajstić information content (AvgIpc) is 3.13. The highest BCUT2D eigenvalue weighted by Gasteiger charge is 2.21. The van der Waals surface area contributed by atoms with Crippen molar-refractivity contribution in [2.75, 3.05) is 11.9 Å². The molecule has 2 aromatic carbocycles. The molecule has 8 nitrogen and oxygen atoms in total. The number of rotatable bonds is 5. The van der Waals surface area contributed by atoms with Gasteiger partial charge < -0.3 is 10.3 Å². The standard InChI is InChI=1S/C17H16N4O4S/c22-16-10-11-9-12(5-6-13(11)19-16)26(24,25)18-7-8-21-15-4-2-1-3-14(15)20-17(21)23/h1-6,9,18H,7-8,10H2,(H,19,22)(H,20,23). The number of H-pyrrole nitrogens is 1. The molecule has 9 heteroatoms. The normalized spacial score (nSPS) is 13.8. The van der Waals surface area contributed by atoms with Gasteiger partial charge in [0.25, 0.3) is 0 Å². The van der Waals surface area contributed by atoms with Gasteiger partial charge >= 0.3 is 5.69 Å². The van der Waals surface area contributed by atoms with Gasteiger partial charge in [0.1, 0.15) is 0 Å². The predicted octanol–water partition coefficient (Wildman–Crippen LogP) is 0.803. The smallest absolute Gasteiger partial charge is 0.326 e. The Balaban J connectivity index is 1.51. The van der Waals surface area contributed by atoms with Crippen LogP contribution >= 0.6 is 0 Å². The van der Waals surface area contributed by atoms with E-state index < -0.39 is 10.0 Å². The van der Waals surface area contributed by atoms with Crippen molar-refractivity contribution < 1.29 is 13.2 Å². The highest BCUT2D eigenvalue weighted by molar-refractivity contribution is 7.89. The SMILES string of the molecule is O=C1Cc2cc(S(=O)(=O)NCCn3c(=O)[nH]c4ccccc43)ccc2N1. The van der Waals surface area contributed by atoms with Crippen LogP contribution in [0.1, 0.15) is 5.56 Å². The number of carbonyl (C=O) groups excluding carboxylic acids is 1. The van der Waals surface area contributed by atoms with E-state index in [0.29, 0.717) is 16.8 Å². The van der Waals surface area contributed by atoms with Crippen molar-refractivity contribution in [1.29, 1.82) is 0 Å². The van der Waals surface area contributed by atoms with Crippen LogP contribution in [-0.2, 0) is 27.8 Å². The number of benzene rings is 2. The van der Waals surface area contributed by atoms with Crippen LogP contribution in [0.4, 0.5) is 5.69 Å². The Hall–Kier alpha value is -2.91. The maximum atomic E-state index is 12.5. The summed E-state index contributed by atoms with van der Waals surface area (Å²) in [6.07, 6.45) is 0.170. The molecule has 2 heterocycles. The molecule has 0 aliphatic carbocycles. The molecule has 1 amide bonds. The number of para-hydroxylation sites is 2. The molecule has 1 aromatic heterocycles. The summed E-state index contributed by atoms with van der Waals surface area (Å²) in [5, 5.41) is 2.67. The van der Waals surface area contributed by atoms with Crippen LogP contribution in [0, 0.1) is 0 Å². The van der Waals surface area contributed by atoms with Crippen LogP contribution in [0.5, 0.6) is 0 Å². The molecular formula is C17H16N4O4S. The van der Waals surface area contributed by atoms with Gasteiger partial charge in [-0.3, -0.25) is 9.36 Å². The van der Waals surface area contributed by atoms with Crippen LogP contribution in [0.15, 0.2) is 52.2 Å². The first-order chi connectivity index (χ1) is 12.4. The van der Waals surface area contributed by atoms with E-state index in [1.54, 1.807) is 18.2 Å². The molecular weight excluding hydrogens is 356 g/mol. The van der Waals surface area contributed by atoms with Crippen molar-refractivity contribution >= 4 is 32.7 Å². The van der Waals surface area contributed by atoms with Gasteiger partial charge in [-0.05, 0) is 35.9 Å². The lowest BCUT2D eigenvalue weighted by Crippen LogP contribution is -2.30. The zero-order valence-corrected chi connectivity index (χ0v) is 14.5. The third-order valence-corrected chi connectivity index (χ3v) is 5.78. The van der Waals surface area contributed by atoms with E-state index >= 15 is 0 Å². The molecule has 0 radical (unpaired) electrons. The fourth-order valence-corrected chi connectivity index (χ4v) is 4.15.